The van der Waals surface area contributed by atoms with Gasteiger partial charge in [-0.25, -0.2) is 0 Å². The summed E-state index contributed by atoms with van der Waals surface area (Å²) >= 11 is 0. The molecule has 0 unspecified atom stereocenters. The van der Waals surface area contributed by atoms with Gasteiger partial charge in [0, 0.05) is 0 Å². The van der Waals surface area contributed by atoms with E-state index in [4.69, 9.17) is 9.84 Å². The monoisotopic (exact) mass is 344 g/mol. The van der Waals surface area contributed by atoms with Gasteiger partial charge in [0.2, 0.25) is 0 Å². The maximum Gasteiger partial charge on any atom is 0.127 e. The third-order valence-electron chi connectivity index (χ3n) is 6.08. The SMILES string of the molecule is CC(C)(C)C1CCC(OC[C@H](O)C[NH+]2CC[NH+](CCO)CC2)CC1. The molecule has 1 saturated heterocycles. The Hall–Kier alpha value is -0.200. The van der Waals surface area contributed by atoms with E-state index in [1.165, 1.54) is 22.6 Å². The number of hydrogen-bond donors (Lipinski definition) is 4. The molecule has 1 aliphatic heterocycles. The Balaban J connectivity index is 1.58. The molecule has 0 amide bonds. The summed E-state index contributed by atoms with van der Waals surface area (Å²) in [6.07, 6.45) is 4.80. The van der Waals surface area contributed by atoms with Gasteiger partial charge in [-0.15, -0.1) is 0 Å². The predicted molar refractivity (Wildman–Crippen MR) is 95.4 cm³/mol. The number of rotatable bonds is 7. The van der Waals surface area contributed by atoms with E-state index < -0.39 is 0 Å². The average molecular weight is 345 g/mol. The molecule has 1 saturated carbocycles. The van der Waals surface area contributed by atoms with E-state index in [0.717, 1.165) is 58.0 Å². The van der Waals surface area contributed by atoms with Crippen molar-refractivity contribution in [1.82, 2.24) is 0 Å². The highest BCUT2D eigenvalue weighted by molar-refractivity contribution is 4.81. The third-order valence-corrected chi connectivity index (χ3v) is 6.08. The molecule has 0 aromatic rings. The minimum Gasteiger partial charge on any atom is -0.391 e. The van der Waals surface area contributed by atoms with Crippen LogP contribution in [0.25, 0.3) is 0 Å². The number of ether oxygens (including phenoxy) is 1. The van der Waals surface area contributed by atoms with Gasteiger partial charge in [-0.05, 0) is 37.0 Å². The van der Waals surface area contributed by atoms with Crippen molar-refractivity contribution in [3.05, 3.63) is 0 Å². The second-order valence-corrected chi connectivity index (χ2v) is 9.00. The van der Waals surface area contributed by atoms with Gasteiger partial charge in [0.25, 0.3) is 0 Å². The number of aliphatic hydroxyl groups is 2. The van der Waals surface area contributed by atoms with Crippen LogP contribution >= 0.6 is 0 Å². The van der Waals surface area contributed by atoms with E-state index in [1.54, 1.807) is 0 Å². The lowest BCUT2D eigenvalue weighted by atomic mass is 9.72. The minimum absolute atomic E-state index is 0.276. The van der Waals surface area contributed by atoms with E-state index in [0.29, 0.717) is 18.1 Å². The molecule has 5 heteroatoms. The fourth-order valence-corrected chi connectivity index (χ4v) is 4.30. The number of hydrogen-bond acceptors (Lipinski definition) is 3. The molecule has 0 radical (unpaired) electrons. The maximum atomic E-state index is 10.3. The first-order chi connectivity index (χ1) is 11.4. The molecule has 5 nitrogen and oxygen atoms in total. The molecule has 0 aromatic heterocycles. The average Bonchev–Trinajstić information content (AvgIpc) is 2.55. The molecular weight excluding hydrogens is 304 g/mol. The van der Waals surface area contributed by atoms with Gasteiger partial charge in [-0.3, -0.25) is 0 Å². The summed E-state index contributed by atoms with van der Waals surface area (Å²) in [5.74, 6) is 0.810. The van der Waals surface area contributed by atoms with Crippen molar-refractivity contribution in [2.24, 2.45) is 11.3 Å². The van der Waals surface area contributed by atoms with Gasteiger partial charge >= 0.3 is 0 Å². The first kappa shape index (κ1) is 20.1. The highest BCUT2D eigenvalue weighted by atomic mass is 16.5. The summed E-state index contributed by atoms with van der Waals surface area (Å²) in [6.45, 7) is 13.8. The Morgan fingerprint density at radius 2 is 1.58 bits per heavy atom. The lowest BCUT2D eigenvalue weighted by Gasteiger charge is -2.37. The van der Waals surface area contributed by atoms with Crippen LogP contribution < -0.4 is 9.80 Å². The zero-order valence-electron chi connectivity index (χ0n) is 16.0. The van der Waals surface area contributed by atoms with Crippen LogP contribution in [-0.4, -0.2) is 74.9 Å². The van der Waals surface area contributed by atoms with Gasteiger partial charge in [-0.2, -0.15) is 0 Å². The highest BCUT2D eigenvalue weighted by Crippen LogP contribution is 2.38. The first-order valence-electron chi connectivity index (χ1n) is 9.96. The molecule has 1 atom stereocenters. The number of piperazine rings is 1. The number of quaternary nitrogens is 2. The highest BCUT2D eigenvalue weighted by Gasteiger charge is 2.30. The molecule has 1 heterocycles. The number of nitrogens with one attached hydrogen (secondary N) is 2. The van der Waals surface area contributed by atoms with E-state index in [9.17, 15) is 5.11 Å². The third kappa shape index (κ3) is 6.60. The predicted octanol–water partition coefficient (Wildman–Crippen LogP) is -1.26. The molecule has 2 rings (SSSR count). The number of aliphatic hydroxyl groups excluding tert-OH is 2. The van der Waals surface area contributed by atoms with Gasteiger partial charge < -0.3 is 24.7 Å². The fourth-order valence-electron chi connectivity index (χ4n) is 4.30. The summed E-state index contributed by atoms with van der Waals surface area (Å²) < 4.78 is 6.01. The summed E-state index contributed by atoms with van der Waals surface area (Å²) in [4.78, 5) is 2.96. The molecule has 0 spiro atoms. The maximum absolute atomic E-state index is 10.3. The lowest BCUT2D eigenvalue weighted by molar-refractivity contribution is -1.01. The zero-order chi connectivity index (χ0) is 17.6. The molecule has 1 aliphatic carbocycles. The molecule has 142 valence electrons. The molecule has 24 heavy (non-hydrogen) atoms. The standard InChI is InChI=1S/C19H38N2O3/c1-19(2,3)16-4-6-18(7-5-16)24-15-17(23)14-21-10-8-20(9-11-21)12-13-22/h16-18,22-23H,4-15H2,1-3H3/p+2/t16?,17-,18?/m1/s1. The Labute approximate surface area is 148 Å². The van der Waals surface area contributed by atoms with Crippen LogP contribution in [-0.2, 0) is 4.74 Å². The second-order valence-electron chi connectivity index (χ2n) is 9.00. The van der Waals surface area contributed by atoms with Gasteiger partial charge in [0.15, 0.2) is 0 Å². The summed E-state index contributed by atoms with van der Waals surface area (Å²) in [5, 5.41) is 19.3. The van der Waals surface area contributed by atoms with Crippen molar-refractivity contribution in [2.45, 2.75) is 58.7 Å². The Morgan fingerprint density at radius 3 is 2.12 bits per heavy atom. The lowest BCUT2D eigenvalue weighted by Crippen LogP contribution is -3.28. The smallest absolute Gasteiger partial charge is 0.127 e. The van der Waals surface area contributed by atoms with Crippen LogP contribution in [0.2, 0.25) is 0 Å². The van der Waals surface area contributed by atoms with Gasteiger partial charge in [0.05, 0.1) is 19.3 Å². The van der Waals surface area contributed by atoms with Crippen molar-refractivity contribution in [1.29, 1.82) is 0 Å². The molecule has 2 aliphatic rings. The van der Waals surface area contributed by atoms with Crippen molar-refractivity contribution < 1.29 is 24.7 Å². The van der Waals surface area contributed by atoms with Crippen molar-refractivity contribution in [3.8, 4) is 0 Å². The van der Waals surface area contributed by atoms with Gasteiger partial charge in [-0.1, -0.05) is 20.8 Å². The quantitative estimate of drug-likeness (QED) is 0.467. The van der Waals surface area contributed by atoms with Crippen LogP contribution in [0.1, 0.15) is 46.5 Å². The van der Waals surface area contributed by atoms with Crippen LogP contribution in [0, 0.1) is 11.3 Å². The Bertz CT molecular complexity index is 343. The summed E-state index contributed by atoms with van der Waals surface area (Å²) in [7, 11) is 0. The van der Waals surface area contributed by atoms with E-state index >= 15 is 0 Å². The topological polar surface area (TPSA) is 58.6 Å². The van der Waals surface area contributed by atoms with Crippen LogP contribution in [0.5, 0.6) is 0 Å². The van der Waals surface area contributed by atoms with Crippen molar-refractivity contribution in [3.63, 3.8) is 0 Å². The van der Waals surface area contributed by atoms with Crippen molar-refractivity contribution in [2.75, 3.05) is 52.5 Å². The van der Waals surface area contributed by atoms with Crippen molar-refractivity contribution >= 4 is 0 Å². The van der Waals surface area contributed by atoms with E-state index in [-0.39, 0.29) is 12.7 Å². The molecule has 0 bridgehead atoms. The summed E-state index contributed by atoms with van der Waals surface area (Å²) in [6, 6.07) is 0. The molecule has 2 fully saturated rings. The first-order valence-corrected chi connectivity index (χ1v) is 9.96. The second kappa shape index (κ2) is 9.48. The van der Waals surface area contributed by atoms with E-state index in [2.05, 4.69) is 20.8 Å². The molecule has 4 N–H and O–H groups in total. The molecular formula is C19H40N2O3+2. The van der Waals surface area contributed by atoms with Crippen LogP contribution in [0.15, 0.2) is 0 Å². The van der Waals surface area contributed by atoms with Gasteiger partial charge in [0.1, 0.15) is 45.4 Å². The normalized spacial score (nSPS) is 33.4. The molecule has 0 aromatic carbocycles. The Kier molecular flexibility index (Phi) is 7.95. The van der Waals surface area contributed by atoms with Crippen LogP contribution in [0.3, 0.4) is 0 Å². The fraction of sp³-hybridized carbons (Fsp3) is 1.00. The largest absolute Gasteiger partial charge is 0.391 e. The van der Waals surface area contributed by atoms with E-state index in [1.807, 2.05) is 0 Å². The van der Waals surface area contributed by atoms with Crippen LogP contribution in [0.4, 0.5) is 0 Å². The zero-order valence-corrected chi connectivity index (χ0v) is 16.0. The minimum atomic E-state index is -0.347. The Morgan fingerprint density at radius 1 is 1.00 bits per heavy atom. The summed E-state index contributed by atoms with van der Waals surface area (Å²) in [5.41, 5.74) is 0.411.